The Bertz CT molecular complexity index is 535. The maximum Gasteiger partial charge on any atom is 0.225 e. The van der Waals surface area contributed by atoms with Gasteiger partial charge in [-0.1, -0.05) is 32.9 Å². The van der Waals surface area contributed by atoms with E-state index in [9.17, 15) is 9.59 Å². The van der Waals surface area contributed by atoms with E-state index in [0.717, 1.165) is 17.7 Å². The minimum absolute atomic E-state index is 0.00574. The Morgan fingerprint density at radius 1 is 1.22 bits per heavy atom. The van der Waals surface area contributed by atoms with E-state index in [4.69, 9.17) is 4.74 Å². The first-order valence-electron chi connectivity index (χ1n) is 7.91. The van der Waals surface area contributed by atoms with Crippen LogP contribution in [0.3, 0.4) is 0 Å². The molecule has 5 nitrogen and oxygen atoms in total. The molecule has 1 rings (SSSR count). The molecule has 23 heavy (non-hydrogen) atoms. The lowest BCUT2D eigenvalue weighted by Crippen LogP contribution is -2.41. The molecular weight excluding hydrogens is 292 g/mol. The van der Waals surface area contributed by atoms with Crippen molar-refractivity contribution in [3.63, 3.8) is 0 Å². The van der Waals surface area contributed by atoms with E-state index in [2.05, 4.69) is 5.32 Å². The predicted molar refractivity (Wildman–Crippen MR) is 91.4 cm³/mol. The summed E-state index contributed by atoms with van der Waals surface area (Å²) in [5.41, 5.74) is 0.705. The third kappa shape index (κ3) is 6.72. The van der Waals surface area contributed by atoms with Crippen molar-refractivity contribution in [1.29, 1.82) is 0 Å². The maximum absolute atomic E-state index is 11.8. The largest absolute Gasteiger partial charge is 0.497 e. The van der Waals surface area contributed by atoms with Gasteiger partial charge in [0.05, 0.1) is 7.11 Å². The van der Waals surface area contributed by atoms with Crippen LogP contribution in [0.15, 0.2) is 24.3 Å². The molecule has 0 saturated heterocycles. The van der Waals surface area contributed by atoms with Crippen LogP contribution < -0.4 is 10.1 Å². The molecule has 0 bridgehead atoms. The van der Waals surface area contributed by atoms with Crippen molar-refractivity contribution < 1.29 is 14.3 Å². The van der Waals surface area contributed by atoms with Crippen LogP contribution in [0, 0.1) is 5.41 Å². The van der Waals surface area contributed by atoms with Crippen LogP contribution in [-0.4, -0.2) is 43.5 Å². The van der Waals surface area contributed by atoms with E-state index in [-0.39, 0.29) is 11.8 Å². The number of hydrogen-bond donors (Lipinski definition) is 1. The number of ether oxygens (including phenoxy) is 1. The highest BCUT2D eigenvalue weighted by Crippen LogP contribution is 2.14. The zero-order valence-corrected chi connectivity index (χ0v) is 14.8. The molecule has 0 aromatic heterocycles. The first-order valence-corrected chi connectivity index (χ1v) is 7.91. The lowest BCUT2D eigenvalue weighted by atomic mass is 9.96. The Balaban J connectivity index is 2.49. The molecule has 128 valence electrons. The zero-order valence-electron chi connectivity index (χ0n) is 14.8. The van der Waals surface area contributed by atoms with Gasteiger partial charge in [-0.3, -0.25) is 9.59 Å². The number of nitrogens with one attached hydrogen (secondary N) is 1. The van der Waals surface area contributed by atoms with E-state index in [1.807, 2.05) is 45.0 Å². The molecule has 0 heterocycles. The number of methoxy groups -OCH3 is 1. The fraction of sp³-hybridized carbons (Fsp3) is 0.556. The Kier molecular flexibility index (Phi) is 7.07. The van der Waals surface area contributed by atoms with E-state index in [1.165, 1.54) is 0 Å². The van der Waals surface area contributed by atoms with Crippen LogP contribution in [0.5, 0.6) is 5.75 Å². The molecule has 0 saturated carbocycles. The monoisotopic (exact) mass is 320 g/mol. The molecule has 1 N–H and O–H groups in total. The normalized spacial score (nSPS) is 11.0. The van der Waals surface area contributed by atoms with Gasteiger partial charge in [0.25, 0.3) is 0 Å². The summed E-state index contributed by atoms with van der Waals surface area (Å²) in [6, 6.07) is 7.83. The van der Waals surface area contributed by atoms with Crippen LogP contribution in [-0.2, 0) is 16.0 Å². The average Bonchev–Trinajstić information content (AvgIpc) is 2.49. The molecule has 0 aliphatic heterocycles. The van der Waals surface area contributed by atoms with Crippen molar-refractivity contribution in [3.05, 3.63) is 29.8 Å². The highest BCUT2D eigenvalue weighted by molar-refractivity contribution is 5.81. The fourth-order valence-corrected chi connectivity index (χ4v) is 2.09. The SMILES string of the molecule is COc1cccc(CCN(CCNC(=O)C(C)(C)C)C(C)=O)c1. The summed E-state index contributed by atoms with van der Waals surface area (Å²) in [6.45, 7) is 8.76. The Labute approximate surface area is 139 Å². The number of rotatable bonds is 7. The van der Waals surface area contributed by atoms with Gasteiger partial charge in [0.1, 0.15) is 5.75 Å². The van der Waals surface area contributed by atoms with Crippen LogP contribution in [0.1, 0.15) is 33.3 Å². The second-order valence-corrected chi connectivity index (χ2v) is 6.61. The fourth-order valence-electron chi connectivity index (χ4n) is 2.09. The summed E-state index contributed by atoms with van der Waals surface area (Å²) in [4.78, 5) is 25.3. The van der Waals surface area contributed by atoms with Gasteiger partial charge < -0.3 is 15.0 Å². The lowest BCUT2D eigenvalue weighted by molar-refractivity contribution is -0.131. The number of benzene rings is 1. The maximum atomic E-state index is 11.8. The molecule has 0 aliphatic carbocycles. The first-order chi connectivity index (χ1) is 10.7. The van der Waals surface area contributed by atoms with Crippen molar-refractivity contribution >= 4 is 11.8 Å². The number of nitrogens with zero attached hydrogens (tertiary/aromatic N) is 1. The van der Waals surface area contributed by atoms with Gasteiger partial charge in [-0.2, -0.15) is 0 Å². The van der Waals surface area contributed by atoms with Crippen LogP contribution >= 0.6 is 0 Å². The molecule has 0 radical (unpaired) electrons. The van der Waals surface area contributed by atoms with E-state index >= 15 is 0 Å². The molecule has 0 aliphatic rings. The Morgan fingerprint density at radius 2 is 1.91 bits per heavy atom. The summed E-state index contributed by atoms with van der Waals surface area (Å²) < 4.78 is 5.20. The highest BCUT2D eigenvalue weighted by Gasteiger charge is 2.20. The molecule has 5 heteroatoms. The van der Waals surface area contributed by atoms with Gasteiger partial charge in [-0.15, -0.1) is 0 Å². The molecule has 0 unspecified atom stereocenters. The third-order valence-electron chi connectivity index (χ3n) is 3.60. The second-order valence-electron chi connectivity index (χ2n) is 6.61. The van der Waals surface area contributed by atoms with E-state index in [1.54, 1.807) is 18.9 Å². The molecule has 2 amide bonds. The first kappa shape index (κ1) is 19.0. The van der Waals surface area contributed by atoms with Gasteiger partial charge in [-0.25, -0.2) is 0 Å². The summed E-state index contributed by atoms with van der Waals surface area (Å²) in [5, 5.41) is 2.87. The molecule has 0 spiro atoms. The van der Waals surface area contributed by atoms with Gasteiger partial charge in [0.2, 0.25) is 11.8 Å². The Morgan fingerprint density at radius 3 is 2.48 bits per heavy atom. The molecular formula is C18H28N2O3. The lowest BCUT2D eigenvalue weighted by Gasteiger charge is -2.23. The van der Waals surface area contributed by atoms with Crippen molar-refractivity contribution in [2.45, 2.75) is 34.1 Å². The molecule has 0 fully saturated rings. The smallest absolute Gasteiger partial charge is 0.225 e. The van der Waals surface area contributed by atoms with Crippen molar-refractivity contribution in [2.75, 3.05) is 26.7 Å². The van der Waals surface area contributed by atoms with Crippen LogP contribution in [0.25, 0.3) is 0 Å². The summed E-state index contributed by atoms with van der Waals surface area (Å²) >= 11 is 0. The summed E-state index contributed by atoms with van der Waals surface area (Å²) in [5.74, 6) is 0.820. The zero-order chi connectivity index (χ0) is 17.5. The minimum atomic E-state index is -0.415. The van der Waals surface area contributed by atoms with E-state index < -0.39 is 5.41 Å². The number of hydrogen-bond acceptors (Lipinski definition) is 3. The summed E-state index contributed by atoms with van der Waals surface area (Å²) in [7, 11) is 1.64. The quantitative estimate of drug-likeness (QED) is 0.838. The van der Waals surface area contributed by atoms with Crippen LogP contribution in [0.2, 0.25) is 0 Å². The standard InChI is InChI=1S/C18H28N2O3/c1-14(21)20(12-10-19-17(22)18(2,3)4)11-9-15-7-6-8-16(13-15)23-5/h6-8,13H,9-12H2,1-5H3,(H,19,22). The van der Waals surface area contributed by atoms with Crippen molar-refractivity contribution in [3.8, 4) is 5.75 Å². The van der Waals surface area contributed by atoms with Gasteiger partial charge in [-0.05, 0) is 24.1 Å². The molecule has 0 atom stereocenters. The molecule has 1 aromatic carbocycles. The van der Waals surface area contributed by atoms with Crippen molar-refractivity contribution in [1.82, 2.24) is 10.2 Å². The second kappa shape index (κ2) is 8.56. The van der Waals surface area contributed by atoms with Gasteiger partial charge >= 0.3 is 0 Å². The average molecular weight is 320 g/mol. The van der Waals surface area contributed by atoms with Crippen molar-refractivity contribution in [2.24, 2.45) is 5.41 Å². The number of amides is 2. The minimum Gasteiger partial charge on any atom is -0.497 e. The summed E-state index contributed by atoms with van der Waals surface area (Å²) in [6.07, 6.45) is 0.754. The van der Waals surface area contributed by atoms with Gasteiger partial charge in [0.15, 0.2) is 0 Å². The topological polar surface area (TPSA) is 58.6 Å². The third-order valence-corrected chi connectivity index (χ3v) is 3.60. The molecule has 1 aromatic rings. The Hall–Kier alpha value is -2.04. The highest BCUT2D eigenvalue weighted by atomic mass is 16.5. The van der Waals surface area contributed by atoms with Crippen LogP contribution in [0.4, 0.5) is 0 Å². The van der Waals surface area contributed by atoms with E-state index in [0.29, 0.717) is 19.6 Å². The number of carbonyl (C=O) groups excluding carboxylic acids is 2. The van der Waals surface area contributed by atoms with Gasteiger partial charge in [0, 0.05) is 32.0 Å². The predicted octanol–water partition coefficient (Wildman–Crippen LogP) is 2.25. The number of carbonyl (C=O) groups is 2.